The molecule has 0 radical (unpaired) electrons. The normalized spacial score (nSPS) is 22.1. The number of hydrogen-bond donors (Lipinski definition) is 2. The maximum Gasteiger partial charge on any atom is 0.257 e. The van der Waals surface area contributed by atoms with Crippen molar-refractivity contribution < 1.29 is 18.7 Å². The second kappa shape index (κ2) is 12.8. The van der Waals surface area contributed by atoms with E-state index in [0.717, 1.165) is 48.7 Å². The van der Waals surface area contributed by atoms with E-state index in [2.05, 4.69) is 34.6 Å². The van der Waals surface area contributed by atoms with Crippen LogP contribution >= 0.6 is 0 Å². The van der Waals surface area contributed by atoms with Crippen molar-refractivity contribution in [1.29, 1.82) is 0 Å². The second-order valence-electron chi connectivity index (χ2n) is 12.1. The van der Waals surface area contributed by atoms with E-state index in [1.807, 2.05) is 30.3 Å². The number of benzene rings is 3. The van der Waals surface area contributed by atoms with Crippen molar-refractivity contribution in [3.8, 4) is 0 Å². The Morgan fingerprint density at radius 1 is 0.884 bits per heavy atom. The van der Waals surface area contributed by atoms with Gasteiger partial charge < -0.3 is 25.2 Å². The molecule has 6 rings (SSSR count). The van der Waals surface area contributed by atoms with Gasteiger partial charge in [-0.05, 0) is 93.0 Å². The van der Waals surface area contributed by atoms with Crippen LogP contribution in [0.5, 0.6) is 0 Å². The van der Waals surface area contributed by atoms with Crippen LogP contribution in [-0.2, 0) is 9.53 Å². The molecule has 3 heterocycles. The van der Waals surface area contributed by atoms with Gasteiger partial charge >= 0.3 is 0 Å². The van der Waals surface area contributed by atoms with E-state index in [4.69, 9.17) is 4.74 Å². The van der Waals surface area contributed by atoms with Gasteiger partial charge in [-0.3, -0.25) is 9.59 Å². The van der Waals surface area contributed by atoms with E-state index in [0.29, 0.717) is 31.6 Å². The van der Waals surface area contributed by atoms with E-state index >= 15 is 4.39 Å². The molecule has 226 valence electrons. The third-order valence-electron chi connectivity index (χ3n) is 9.14. The summed E-state index contributed by atoms with van der Waals surface area (Å²) >= 11 is 0. The lowest BCUT2D eigenvalue weighted by Gasteiger charge is -2.41. The second-order valence-corrected chi connectivity index (χ2v) is 12.1. The van der Waals surface area contributed by atoms with Crippen LogP contribution in [0.2, 0.25) is 0 Å². The number of ether oxygens (including phenoxy) is 1. The van der Waals surface area contributed by atoms with Gasteiger partial charge in [0.15, 0.2) is 0 Å². The molecule has 2 amide bonds. The van der Waals surface area contributed by atoms with Gasteiger partial charge in [-0.25, -0.2) is 4.39 Å². The third kappa shape index (κ3) is 6.25. The van der Waals surface area contributed by atoms with Crippen LogP contribution in [-0.4, -0.2) is 55.6 Å². The molecule has 0 bridgehead atoms. The molecule has 3 atom stereocenters. The van der Waals surface area contributed by atoms with Crippen LogP contribution in [0.25, 0.3) is 0 Å². The van der Waals surface area contributed by atoms with E-state index in [9.17, 15) is 9.59 Å². The summed E-state index contributed by atoms with van der Waals surface area (Å²) in [6, 6.07) is 18.5. The molecule has 2 unspecified atom stereocenters. The molecular formula is C35H41FN4O3. The van der Waals surface area contributed by atoms with Crippen LogP contribution in [0.1, 0.15) is 65.2 Å². The molecular weight excluding hydrogens is 543 g/mol. The van der Waals surface area contributed by atoms with Crippen molar-refractivity contribution in [1.82, 2.24) is 4.90 Å². The third-order valence-corrected chi connectivity index (χ3v) is 9.14. The quantitative estimate of drug-likeness (QED) is 0.333. The highest BCUT2D eigenvalue weighted by Gasteiger charge is 2.40. The van der Waals surface area contributed by atoms with Crippen LogP contribution < -0.4 is 15.5 Å². The van der Waals surface area contributed by atoms with Gasteiger partial charge in [0.25, 0.3) is 5.91 Å². The van der Waals surface area contributed by atoms with Crippen molar-refractivity contribution >= 4 is 28.9 Å². The fourth-order valence-electron chi connectivity index (χ4n) is 6.84. The number of carbonyl (C=O) groups excluding carboxylic acids is 2. The molecule has 0 aromatic heterocycles. The number of carbonyl (C=O) groups is 2. The molecule has 3 aliphatic heterocycles. The van der Waals surface area contributed by atoms with Crippen LogP contribution in [0.4, 0.5) is 21.5 Å². The highest BCUT2D eigenvalue weighted by Crippen LogP contribution is 2.39. The molecule has 3 fully saturated rings. The van der Waals surface area contributed by atoms with Crippen LogP contribution in [0.3, 0.4) is 0 Å². The summed E-state index contributed by atoms with van der Waals surface area (Å²) in [5, 5.41) is 6.69. The monoisotopic (exact) mass is 584 g/mol. The van der Waals surface area contributed by atoms with Crippen molar-refractivity contribution in [3.63, 3.8) is 0 Å². The van der Waals surface area contributed by atoms with E-state index in [1.54, 1.807) is 24.0 Å². The molecule has 43 heavy (non-hydrogen) atoms. The van der Waals surface area contributed by atoms with Gasteiger partial charge in [-0.1, -0.05) is 30.3 Å². The lowest BCUT2D eigenvalue weighted by molar-refractivity contribution is -0.123. The number of halogens is 1. The Morgan fingerprint density at radius 3 is 2.37 bits per heavy atom. The Labute approximate surface area is 253 Å². The molecule has 7 nitrogen and oxygen atoms in total. The molecule has 2 N–H and O–H groups in total. The van der Waals surface area contributed by atoms with Crippen molar-refractivity contribution in [2.45, 2.75) is 58.0 Å². The van der Waals surface area contributed by atoms with E-state index in [-0.39, 0.29) is 23.4 Å². The molecule has 3 saturated heterocycles. The number of nitrogens with zero attached hydrogens (tertiary/aromatic N) is 2. The first-order chi connectivity index (χ1) is 20.9. The van der Waals surface area contributed by atoms with Gasteiger partial charge in [0.2, 0.25) is 5.91 Å². The fourth-order valence-corrected chi connectivity index (χ4v) is 6.84. The van der Waals surface area contributed by atoms with Gasteiger partial charge in [-0.15, -0.1) is 0 Å². The number of hydrogen-bond acceptors (Lipinski definition) is 5. The highest BCUT2D eigenvalue weighted by atomic mass is 19.1. The lowest BCUT2D eigenvalue weighted by atomic mass is 9.83. The van der Waals surface area contributed by atoms with Crippen LogP contribution in [0.15, 0.2) is 60.7 Å². The number of rotatable bonds is 7. The van der Waals surface area contributed by atoms with Crippen molar-refractivity contribution in [3.05, 3.63) is 88.7 Å². The SMILES string of the molecule is Cc1ccc(NC(=O)C2CCCN(C(=O)c3c(C)cccc3F)[C@H]2c2ccc(NC3CCOC3)cc2)cc1N1CCCC1. The molecule has 0 saturated carbocycles. The Bertz CT molecular complexity index is 1440. The first-order valence-corrected chi connectivity index (χ1v) is 15.6. The zero-order chi connectivity index (χ0) is 29.9. The largest absolute Gasteiger partial charge is 0.380 e. The van der Waals surface area contributed by atoms with Gasteiger partial charge in [-0.2, -0.15) is 0 Å². The number of anilines is 3. The van der Waals surface area contributed by atoms with Gasteiger partial charge in [0.1, 0.15) is 5.82 Å². The zero-order valence-corrected chi connectivity index (χ0v) is 25.1. The molecule has 3 aromatic rings. The Hall–Kier alpha value is -3.91. The predicted octanol–water partition coefficient (Wildman–Crippen LogP) is 6.48. The summed E-state index contributed by atoms with van der Waals surface area (Å²) in [6.07, 6.45) is 4.58. The van der Waals surface area contributed by atoms with E-state index < -0.39 is 17.8 Å². The molecule has 0 spiro atoms. The number of amides is 2. The standard InChI is InChI=1S/C35H41FN4O3/c1-23-10-13-27(21-31(23)39-17-3-4-18-39)38-34(41)29-8-6-19-40(35(42)32-24(2)7-5-9-30(32)36)33(29)25-11-14-26(15-12-25)37-28-16-20-43-22-28/h5,7,9-15,21,28-29,33,37H,3-4,6,8,16-20,22H2,1-2H3,(H,38,41)/t28?,29?,33-/m0/s1. The van der Waals surface area contributed by atoms with Crippen molar-refractivity contribution in [2.24, 2.45) is 5.92 Å². The summed E-state index contributed by atoms with van der Waals surface area (Å²) in [5.74, 6) is -1.55. The average molecular weight is 585 g/mol. The Kier molecular flexibility index (Phi) is 8.66. The molecule has 0 aliphatic carbocycles. The van der Waals surface area contributed by atoms with Gasteiger partial charge in [0, 0.05) is 43.3 Å². The maximum absolute atomic E-state index is 15.0. The Morgan fingerprint density at radius 2 is 1.65 bits per heavy atom. The first kappa shape index (κ1) is 29.2. The smallest absolute Gasteiger partial charge is 0.257 e. The molecule has 3 aromatic carbocycles. The topological polar surface area (TPSA) is 73.9 Å². The minimum atomic E-state index is -0.539. The minimum Gasteiger partial charge on any atom is -0.380 e. The van der Waals surface area contributed by atoms with Crippen molar-refractivity contribution in [2.75, 3.05) is 48.4 Å². The lowest BCUT2D eigenvalue weighted by Crippen LogP contribution is -2.46. The predicted molar refractivity (Wildman–Crippen MR) is 168 cm³/mol. The average Bonchev–Trinajstić information content (AvgIpc) is 3.73. The summed E-state index contributed by atoms with van der Waals surface area (Å²) < 4.78 is 20.5. The van der Waals surface area contributed by atoms with Gasteiger partial charge in [0.05, 0.1) is 30.2 Å². The number of nitrogens with one attached hydrogen (secondary N) is 2. The summed E-state index contributed by atoms with van der Waals surface area (Å²) in [5.41, 5.74) is 5.57. The highest BCUT2D eigenvalue weighted by molar-refractivity contribution is 5.98. The fraction of sp³-hybridized carbons (Fsp3) is 0.429. The molecule has 3 aliphatic rings. The summed E-state index contributed by atoms with van der Waals surface area (Å²) in [6.45, 7) is 7.77. The number of piperidine rings is 1. The minimum absolute atomic E-state index is 0.0712. The maximum atomic E-state index is 15.0. The number of likely N-dealkylation sites (tertiary alicyclic amines) is 1. The first-order valence-electron chi connectivity index (χ1n) is 15.6. The zero-order valence-electron chi connectivity index (χ0n) is 25.1. The van der Waals surface area contributed by atoms with Crippen LogP contribution in [0, 0.1) is 25.6 Å². The number of aryl methyl sites for hydroxylation is 2. The van der Waals surface area contributed by atoms with E-state index in [1.165, 1.54) is 24.5 Å². The Balaban J connectivity index is 1.30. The summed E-state index contributed by atoms with van der Waals surface area (Å²) in [7, 11) is 0. The molecule has 8 heteroatoms. The summed E-state index contributed by atoms with van der Waals surface area (Å²) in [4.78, 5) is 32.1.